The summed E-state index contributed by atoms with van der Waals surface area (Å²) in [4.78, 5) is 19.1. The van der Waals surface area contributed by atoms with Crippen LogP contribution in [0.5, 0.6) is 11.5 Å². The van der Waals surface area contributed by atoms with E-state index in [2.05, 4.69) is 0 Å². The quantitative estimate of drug-likeness (QED) is 0.393. The van der Waals surface area contributed by atoms with E-state index >= 15 is 0 Å². The molecule has 0 spiro atoms. The van der Waals surface area contributed by atoms with Crippen molar-refractivity contribution in [2.24, 2.45) is 0 Å². The number of hydrogen-bond donors (Lipinski definition) is 0. The van der Waals surface area contributed by atoms with Crippen LogP contribution in [0.3, 0.4) is 0 Å². The van der Waals surface area contributed by atoms with Crippen LogP contribution >= 0.6 is 0 Å². The van der Waals surface area contributed by atoms with Crippen LogP contribution in [0.2, 0.25) is 0 Å². The van der Waals surface area contributed by atoms with Crippen molar-refractivity contribution < 1.29 is 23.0 Å². The van der Waals surface area contributed by atoms with Gasteiger partial charge in [-0.25, -0.2) is 13.8 Å². The zero-order chi connectivity index (χ0) is 24.7. The fourth-order valence-corrected chi connectivity index (χ4v) is 4.43. The Morgan fingerprint density at radius 1 is 1.17 bits per heavy atom. The first kappa shape index (κ1) is 22.8. The summed E-state index contributed by atoms with van der Waals surface area (Å²) in [6.07, 6.45) is -0.348. The summed E-state index contributed by atoms with van der Waals surface area (Å²) < 4.78 is 42.3. The third kappa shape index (κ3) is 4.32. The van der Waals surface area contributed by atoms with E-state index in [4.69, 9.17) is 14.5 Å². The first-order valence-electron chi connectivity index (χ1n) is 11.4. The summed E-state index contributed by atoms with van der Waals surface area (Å²) in [5.41, 5.74) is 2.99. The van der Waals surface area contributed by atoms with Crippen LogP contribution < -0.4 is 9.47 Å². The first-order valence-corrected chi connectivity index (χ1v) is 11.4. The SMILES string of the molecule is Cc1nc2c(O[C@@H]3CCOc4cc(F)cc(F)c43)cc(C(=O)N(C)C)cc2n1Cc1ccccc1. The van der Waals surface area contributed by atoms with Crippen molar-refractivity contribution >= 4 is 16.9 Å². The minimum atomic E-state index is -0.729. The molecule has 180 valence electrons. The smallest absolute Gasteiger partial charge is 0.253 e. The highest BCUT2D eigenvalue weighted by molar-refractivity contribution is 5.99. The molecule has 0 radical (unpaired) electrons. The number of halogens is 2. The molecule has 1 amide bonds. The van der Waals surface area contributed by atoms with Gasteiger partial charge in [-0.05, 0) is 24.6 Å². The molecule has 0 aliphatic carbocycles. The highest BCUT2D eigenvalue weighted by Crippen LogP contribution is 2.40. The second-order valence-corrected chi connectivity index (χ2v) is 8.82. The van der Waals surface area contributed by atoms with E-state index in [0.717, 1.165) is 29.0 Å². The molecule has 0 saturated carbocycles. The first-order chi connectivity index (χ1) is 16.8. The largest absolute Gasteiger partial charge is 0.493 e. The van der Waals surface area contributed by atoms with Crippen molar-refractivity contribution in [3.8, 4) is 11.5 Å². The summed E-state index contributed by atoms with van der Waals surface area (Å²) in [6, 6.07) is 15.4. The number of nitrogens with zero attached hydrogens (tertiary/aromatic N) is 3. The van der Waals surface area contributed by atoms with E-state index < -0.39 is 17.7 Å². The van der Waals surface area contributed by atoms with E-state index in [1.165, 1.54) is 4.90 Å². The van der Waals surface area contributed by atoms with Crippen LogP contribution in [0.15, 0.2) is 54.6 Å². The molecule has 1 aromatic heterocycles. The Labute approximate surface area is 201 Å². The maximum atomic E-state index is 14.7. The highest BCUT2D eigenvalue weighted by Gasteiger charge is 2.29. The number of carbonyl (C=O) groups excluding carboxylic acids is 1. The topological polar surface area (TPSA) is 56.6 Å². The van der Waals surface area contributed by atoms with Gasteiger partial charge in [-0.3, -0.25) is 4.79 Å². The molecule has 0 N–H and O–H groups in total. The van der Waals surface area contributed by atoms with Gasteiger partial charge in [0.2, 0.25) is 0 Å². The summed E-state index contributed by atoms with van der Waals surface area (Å²) >= 11 is 0. The number of carbonyl (C=O) groups is 1. The van der Waals surface area contributed by atoms with E-state index in [0.29, 0.717) is 29.8 Å². The van der Waals surface area contributed by atoms with Crippen molar-refractivity contribution in [3.05, 3.63) is 88.7 Å². The van der Waals surface area contributed by atoms with Gasteiger partial charge in [-0.2, -0.15) is 0 Å². The monoisotopic (exact) mass is 477 g/mol. The number of amides is 1. The van der Waals surface area contributed by atoms with E-state index in [1.807, 2.05) is 41.8 Å². The molecule has 4 aromatic rings. The Morgan fingerprint density at radius 2 is 1.94 bits per heavy atom. The van der Waals surface area contributed by atoms with Gasteiger partial charge in [0.1, 0.15) is 40.6 Å². The molecule has 1 aliphatic heterocycles. The standard InChI is InChI=1S/C27H25F2N3O3/c1-16-30-26-21(32(16)15-17-7-5-4-6-8-17)11-18(27(33)31(2)3)12-24(26)35-22-9-10-34-23-14-19(28)13-20(29)25(22)23/h4-8,11-14,22H,9-10,15H2,1-3H3/t22-/m1/s1. The van der Waals surface area contributed by atoms with Crippen LogP contribution in [0.1, 0.15) is 39.8 Å². The minimum Gasteiger partial charge on any atom is -0.493 e. The summed E-state index contributed by atoms with van der Waals surface area (Å²) in [5, 5.41) is 0. The van der Waals surface area contributed by atoms with Crippen molar-refractivity contribution in [1.82, 2.24) is 14.5 Å². The summed E-state index contributed by atoms with van der Waals surface area (Å²) in [5.74, 6) is -0.387. The van der Waals surface area contributed by atoms with E-state index in [9.17, 15) is 13.6 Å². The van der Waals surface area contributed by atoms with Crippen LogP contribution in [0.25, 0.3) is 11.0 Å². The van der Waals surface area contributed by atoms with Crippen molar-refractivity contribution in [1.29, 1.82) is 0 Å². The Hall–Kier alpha value is -3.94. The maximum Gasteiger partial charge on any atom is 0.253 e. The van der Waals surface area contributed by atoms with Gasteiger partial charge >= 0.3 is 0 Å². The summed E-state index contributed by atoms with van der Waals surface area (Å²) in [6.45, 7) is 2.71. The molecule has 8 heteroatoms. The molecule has 1 aliphatic rings. The molecule has 6 nitrogen and oxygen atoms in total. The third-order valence-electron chi connectivity index (χ3n) is 6.13. The molecule has 35 heavy (non-hydrogen) atoms. The average Bonchev–Trinajstić information content (AvgIpc) is 3.14. The lowest BCUT2D eigenvalue weighted by Crippen LogP contribution is -2.23. The van der Waals surface area contributed by atoms with Gasteiger partial charge in [-0.15, -0.1) is 0 Å². The van der Waals surface area contributed by atoms with Crippen LogP contribution in [-0.4, -0.2) is 41.1 Å². The van der Waals surface area contributed by atoms with Gasteiger partial charge in [0.25, 0.3) is 5.91 Å². The number of rotatable bonds is 5. The average molecular weight is 478 g/mol. The van der Waals surface area contributed by atoms with Crippen LogP contribution in [-0.2, 0) is 6.54 Å². The van der Waals surface area contributed by atoms with Crippen molar-refractivity contribution in [2.45, 2.75) is 26.0 Å². The molecule has 0 saturated heterocycles. The predicted molar refractivity (Wildman–Crippen MR) is 128 cm³/mol. The van der Waals surface area contributed by atoms with E-state index in [1.54, 1.807) is 26.2 Å². The van der Waals surface area contributed by atoms with Crippen LogP contribution in [0, 0.1) is 18.6 Å². The summed E-state index contributed by atoms with van der Waals surface area (Å²) in [7, 11) is 3.36. The van der Waals surface area contributed by atoms with Gasteiger partial charge < -0.3 is 18.9 Å². The molecule has 0 fully saturated rings. The molecule has 3 aromatic carbocycles. The van der Waals surface area contributed by atoms with Crippen LogP contribution in [0.4, 0.5) is 8.78 Å². The Bertz CT molecular complexity index is 1420. The number of imidazole rings is 1. The number of aromatic nitrogens is 2. The minimum absolute atomic E-state index is 0.126. The number of aryl methyl sites for hydroxylation is 1. The Kier molecular flexibility index (Phi) is 5.88. The number of ether oxygens (including phenoxy) is 2. The molecule has 1 atom stereocenters. The van der Waals surface area contributed by atoms with Gasteiger partial charge in [0.15, 0.2) is 0 Å². The number of benzene rings is 3. The molecule has 2 heterocycles. The zero-order valence-electron chi connectivity index (χ0n) is 19.7. The highest BCUT2D eigenvalue weighted by atomic mass is 19.1. The lowest BCUT2D eigenvalue weighted by Gasteiger charge is -2.27. The molecule has 0 unspecified atom stereocenters. The predicted octanol–water partition coefficient (Wildman–Crippen LogP) is 5.28. The lowest BCUT2D eigenvalue weighted by atomic mass is 10.0. The van der Waals surface area contributed by atoms with Gasteiger partial charge in [0.05, 0.1) is 17.7 Å². The van der Waals surface area contributed by atoms with E-state index in [-0.39, 0.29) is 23.8 Å². The fraction of sp³-hybridized carbons (Fsp3) is 0.259. The van der Waals surface area contributed by atoms with Gasteiger partial charge in [-0.1, -0.05) is 30.3 Å². The Balaban J connectivity index is 1.63. The normalized spacial score (nSPS) is 14.9. The lowest BCUT2D eigenvalue weighted by molar-refractivity contribution is 0.0826. The zero-order valence-corrected chi connectivity index (χ0v) is 19.7. The Morgan fingerprint density at radius 3 is 2.69 bits per heavy atom. The van der Waals surface area contributed by atoms with Gasteiger partial charge in [0, 0.05) is 44.8 Å². The third-order valence-corrected chi connectivity index (χ3v) is 6.13. The number of fused-ring (bicyclic) bond motifs is 2. The fourth-order valence-electron chi connectivity index (χ4n) is 4.43. The van der Waals surface area contributed by atoms with Crippen molar-refractivity contribution in [3.63, 3.8) is 0 Å². The molecule has 5 rings (SSSR count). The molecular formula is C27H25F2N3O3. The van der Waals surface area contributed by atoms with Crippen molar-refractivity contribution in [2.75, 3.05) is 20.7 Å². The molecular weight excluding hydrogens is 452 g/mol. The number of hydrogen-bond acceptors (Lipinski definition) is 4. The second-order valence-electron chi connectivity index (χ2n) is 8.82. The maximum absolute atomic E-state index is 14.7. The second kappa shape index (κ2) is 9.02. The molecule has 0 bridgehead atoms.